The van der Waals surface area contributed by atoms with Gasteiger partial charge in [0, 0.05) is 11.4 Å². The molecule has 4 heterocycles. The van der Waals surface area contributed by atoms with Crippen molar-refractivity contribution in [1.29, 1.82) is 0 Å². The molecular formula is C17H18N4O2S3. The first-order valence-corrected chi connectivity index (χ1v) is 11.0. The first kappa shape index (κ1) is 17.6. The minimum absolute atomic E-state index is 0.172. The van der Waals surface area contributed by atoms with Gasteiger partial charge in [0.15, 0.2) is 4.34 Å². The van der Waals surface area contributed by atoms with E-state index in [1.54, 1.807) is 17.6 Å². The third-order valence-corrected chi connectivity index (χ3v) is 7.14. The Labute approximate surface area is 163 Å². The minimum Gasteiger partial charge on any atom is -0.467 e. The van der Waals surface area contributed by atoms with Crippen molar-refractivity contribution >= 4 is 45.5 Å². The first-order chi connectivity index (χ1) is 12.8. The Morgan fingerprint density at radius 3 is 3.15 bits per heavy atom. The Hall–Kier alpha value is -1.84. The van der Waals surface area contributed by atoms with E-state index in [4.69, 9.17) is 4.42 Å². The highest BCUT2D eigenvalue weighted by Crippen LogP contribution is 2.35. The molecule has 9 heteroatoms. The summed E-state index contributed by atoms with van der Waals surface area (Å²) in [6, 6.07) is 8.17. The lowest BCUT2D eigenvalue weighted by Gasteiger charge is -2.23. The summed E-state index contributed by atoms with van der Waals surface area (Å²) in [4.78, 5) is 15.9. The van der Waals surface area contributed by atoms with Gasteiger partial charge in [-0.05, 0) is 36.4 Å². The van der Waals surface area contributed by atoms with Gasteiger partial charge >= 0.3 is 0 Å². The Morgan fingerprint density at radius 2 is 2.35 bits per heavy atom. The topological polar surface area (TPSA) is 71.3 Å². The highest BCUT2D eigenvalue weighted by Gasteiger charge is 2.30. The Bertz CT molecular complexity index is 832. The number of hydrogen-bond donors (Lipinski definition) is 1. The summed E-state index contributed by atoms with van der Waals surface area (Å²) in [5, 5.41) is 14.3. The molecular weight excluding hydrogens is 388 g/mol. The van der Waals surface area contributed by atoms with Crippen molar-refractivity contribution < 1.29 is 9.21 Å². The third-order valence-electron chi connectivity index (χ3n) is 4.16. The van der Waals surface area contributed by atoms with Gasteiger partial charge in [-0.1, -0.05) is 29.2 Å². The first-order valence-electron chi connectivity index (χ1n) is 8.35. The maximum atomic E-state index is 12.7. The smallest absolute Gasteiger partial charge is 0.233 e. The molecule has 1 fully saturated rings. The second-order valence-corrected chi connectivity index (χ2v) is 9.03. The van der Waals surface area contributed by atoms with Gasteiger partial charge in [0.25, 0.3) is 0 Å². The molecule has 3 aromatic heterocycles. The van der Waals surface area contributed by atoms with Gasteiger partial charge in [0.2, 0.25) is 11.0 Å². The Kier molecular flexibility index (Phi) is 5.57. The van der Waals surface area contributed by atoms with E-state index in [1.165, 1.54) is 28.0 Å². The fraction of sp³-hybridized carbons (Fsp3) is 0.353. The van der Waals surface area contributed by atoms with Gasteiger partial charge in [-0.15, -0.1) is 21.5 Å². The number of anilines is 1. The summed E-state index contributed by atoms with van der Waals surface area (Å²) in [5.74, 6) is 1.42. The number of nitrogens with one attached hydrogen (secondary N) is 1. The number of furan rings is 1. The molecule has 1 atom stereocenters. The second kappa shape index (κ2) is 8.24. The van der Waals surface area contributed by atoms with E-state index in [0.717, 1.165) is 34.6 Å². The lowest BCUT2D eigenvalue weighted by Crippen LogP contribution is -2.31. The van der Waals surface area contributed by atoms with Gasteiger partial charge in [0.05, 0.1) is 24.6 Å². The van der Waals surface area contributed by atoms with Crippen molar-refractivity contribution in [2.45, 2.75) is 29.8 Å². The quantitative estimate of drug-likeness (QED) is 0.591. The maximum Gasteiger partial charge on any atom is 0.233 e. The normalized spacial score (nSPS) is 16.9. The van der Waals surface area contributed by atoms with Crippen molar-refractivity contribution in [3.05, 3.63) is 46.5 Å². The van der Waals surface area contributed by atoms with Crippen LogP contribution in [0.1, 0.15) is 29.5 Å². The molecule has 0 saturated carbocycles. The van der Waals surface area contributed by atoms with Crippen LogP contribution in [0.25, 0.3) is 0 Å². The van der Waals surface area contributed by atoms with Crippen LogP contribution in [0.2, 0.25) is 0 Å². The van der Waals surface area contributed by atoms with Gasteiger partial charge in [-0.2, -0.15) is 0 Å². The van der Waals surface area contributed by atoms with E-state index >= 15 is 0 Å². The van der Waals surface area contributed by atoms with Crippen LogP contribution in [0, 0.1) is 0 Å². The third kappa shape index (κ3) is 4.11. The number of rotatable bonds is 7. The molecule has 0 aliphatic carbocycles. The zero-order valence-corrected chi connectivity index (χ0v) is 16.4. The predicted octanol–water partition coefficient (Wildman–Crippen LogP) is 4.26. The van der Waals surface area contributed by atoms with E-state index in [-0.39, 0.29) is 11.9 Å². The molecule has 6 nitrogen and oxygen atoms in total. The number of carbonyl (C=O) groups is 1. The molecule has 0 radical (unpaired) electrons. The molecule has 0 bridgehead atoms. The van der Waals surface area contributed by atoms with Gasteiger partial charge in [0.1, 0.15) is 5.76 Å². The fourth-order valence-corrected chi connectivity index (χ4v) is 5.47. The number of amides is 1. The Morgan fingerprint density at radius 1 is 1.38 bits per heavy atom. The van der Waals surface area contributed by atoms with E-state index in [1.807, 2.05) is 23.1 Å². The summed E-state index contributed by atoms with van der Waals surface area (Å²) in [7, 11) is 0. The standard InChI is InChI=1S/C17H18N4O2S3/c22-15(21-7-1-5-13(21)14-6-3-9-24-14)11-25-17-20-19-16(26-17)18-10-12-4-2-8-23-12/h2-4,6,8-9,13H,1,5,7,10-11H2,(H,18,19). The largest absolute Gasteiger partial charge is 0.467 e. The van der Waals surface area contributed by atoms with E-state index in [9.17, 15) is 4.79 Å². The summed E-state index contributed by atoms with van der Waals surface area (Å²) in [6.45, 7) is 1.41. The number of nitrogens with zero attached hydrogens (tertiary/aromatic N) is 3. The molecule has 136 valence electrons. The molecule has 0 spiro atoms. The van der Waals surface area contributed by atoms with E-state index in [0.29, 0.717) is 12.3 Å². The summed E-state index contributed by atoms with van der Waals surface area (Å²) >= 11 is 4.64. The molecule has 0 aromatic carbocycles. The monoisotopic (exact) mass is 406 g/mol. The van der Waals surface area contributed by atoms with Crippen LogP contribution in [0.15, 0.2) is 44.7 Å². The van der Waals surface area contributed by atoms with Crippen LogP contribution in [0.5, 0.6) is 0 Å². The summed E-state index contributed by atoms with van der Waals surface area (Å²) in [6.07, 6.45) is 3.76. The number of thioether (sulfide) groups is 1. The number of thiophene rings is 1. The van der Waals surface area contributed by atoms with Gasteiger partial charge < -0.3 is 14.6 Å². The number of aromatic nitrogens is 2. The minimum atomic E-state index is 0.172. The molecule has 1 amide bonds. The average molecular weight is 407 g/mol. The Balaban J connectivity index is 1.29. The highest BCUT2D eigenvalue weighted by molar-refractivity contribution is 8.01. The predicted molar refractivity (Wildman–Crippen MR) is 105 cm³/mol. The maximum absolute atomic E-state index is 12.7. The van der Waals surface area contributed by atoms with Crippen molar-refractivity contribution in [1.82, 2.24) is 15.1 Å². The van der Waals surface area contributed by atoms with Crippen LogP contribution in [0.4, 0.5) is 5.13 Å². The van der Waals surface area contributed by atoms with Gasteiger partial charge in [-0.3, -0.25) is 4.79 Å². The molecule has 1 unspecified atom stereocenters. The zero-order chi connectivity index (χ0) is 17.8. The molecule has 1 aliphatic rings. The van der Waals surface area contributed by atoms with E-state index < -0.39 is 0 Å². The van der Waals surface area contributed by atoms with E-state index in [2.05, 4.69) is 27.0 Å². The number of carbonyl (C=O) groups excluding carboxylic acids is 1. The van der Waals surface area contributed by atoms with Gasteiger partial charge in [-0.25, -0.2) is 0 Å². The molecule has 3 aromatic rings. The molecule has 1 N–H and O–H groups in total. The van der Waals surface area contributed by atoms with Crippen molar-refractivity contribution in [2.75, 3.05) is 17.6 Å². The van der Waals surface area contributed by atoms with Crippen molar-refractivity contribution in [3.8, 4) is 0 Å². The lowest BCUT2D eigenvalue weighted by molar-refractivity contribution is -0.129. The van der Waals surface area contributed by atoms with Crippen LogP contribution >= 0.6 is 34.4 Å². The van der Waals surface area contributed by atoms with Crippen LogP contribution in [-0.2, 0) is 11.3 Å². The summed E-state index contributed by atoms with van der Waals surface area (Å²) < 4.78 is 6.08. The zero-order valence-electron chi connectivity index (χ0n) is 14.0. The van der Waals surface area contributed by atoms with Crippen LogP contribution < -0.4 is 5.32 Å². The molecule has 4 rings (SSSR count). The lowest BCUT2D eigenvalue weighted by atomic mass is 10.2. The van der Waals surface area contributed by atoms with Crippen LogP contribution in [-0.4, -0.2) is 33.3 Å². The number of likely N-dealkylation sites (tertiary alicyclic amines) is 1. The van der Waals surface area contributed by atoms with Crippen molar-refractivity contribution in [3.63, 3.8) is 0 Å². The molecule has 1 saturated heterocycles. The summed E-state index contributed by atoms with van der Waals surface area (Å²) in [5.41, 5.74) is 0. The van der Waals surface area contributed by atoms with Crippen molar-refractivity contribution in [2.24, 2.45) is 0 Å². The molecule has 1 aliphatic heterocycles. The molecule has 26 heavy (non-hydrogen) atoms. The highest BCUT2D eigenvalue weighted by atomic mass is 32.2. The fourth-order valence-electron chi connectivity index (χ4n) is 2.96. The number of hydrogen-bond acceptors (Lipinski definition) is 8. The average Bonchev–Trinajstić information content (AvgIpc) is 3.45. The van der Waals surface area contributed by atoms with Crippen LogP contribution in [0.3, 0.4) is 0 Å². The second-order valence-electron chi connectivity index (χ2n) is 5.86. The SMILES string of the molecule is O=C(CSc1nnc(NCc2ccco2)s1)N1CCCC1c1cccs1.